The second-order valence-electron chi connectivity index (χ2n) is 6.60. The summed E-state index contributed by atoms with van der Waals surface area (Å²) in [5.74, 6) is -1.44. The zero-order valence-electron chi connectivity index (χ0n) is 16.0. The van der Waals surface area contributed by atoms with Gasteiger partial charge in [-0.25, -0.2) is 4.79 Å². The highest BCUT2D eigenvalue weighted by molar-refractivity contribution is 8.00. The van der Waals surface area contributed by atoms with Gasteiger partial charge in [0.1, 0.15) is 11.4 Å². The second kappa shape index (κ2) is 9.41. The Morgan fingerprint density at radius 1 is 1.18 bits per heavy atom. The van der Waals surface area contributed by atoms with Crippen molar-refractivity contribution in [1.82, 2.24) is 9.13 Å². The molecule has 0 radical (unpaired) electrons. The van der Waals surface area contributed by atoms with Crippen LogP contribution in [0.15, 0.2) is 44.8 Å². The fourth-order valence-corrected chi connectivity index (χ4v) is 3.22. The summed E-state index contributed by atoms with van der Waals surface area (Å²) >= 11 is 1.27. The number of hydrogen-bond donors (Lipinski definition) is 1. The summed E-state index contributed by atoms with van der Waals surface area (Å²) in [7, 11) is 1.28. The monoisotopic (exact) mass is 405 g/mol. The van der Waals surface area contributed by atoms with Gasteiger partial charge < -0.3 is 10.5 Å². The van der Waals surface area contributed by atoms with Crippen LogP contribution in [0.4, 0.5) is 5.82 Å². The molecule has 2 aromatic rings. The molecule has 0 aliphatic carbocycles. The maximum atomic E-state index is 12.5. The number of rotatable bonds is 8. The molecule has 0 bridgehead atoms. The van der Waals surface area contributed by atoms with E-state index in [0.29, 0.717) is 0 Å². The maximum absolute atomic E-state index is 12.5. The summed E-state index contributed by atoms with van der Waals surface area (Å²) in [5, 5.41) is 0. The number of nitrogens with zero attached hydrogens (tertiary/aromatic N) is 2. The second-order valence-corrected chi connectivity index (χ2v) is 7.65. The Kier molecular flexibility index (Phi) is 7.22. The third kappa shape index (κ3) is 5.13. The molecule has 8 nitrogen and oxygen atoms in total. The molecule has 0 aliphatic rings. The minimum absolute atomic E-state index is 0.0254. The third-order valence-corrected chi connectivity index (χ3v) is 4.86. The van der Waals surface area contributed by atoms with Crippen molar-refractivity contribution in [3.05, 3.63) is 56.7 Å². The molecule has 2 rings (SSSR count). The number of thioether (sulfide) groups is 1. The highest BCUT2D eigenvalue weighted by atomic mass is 32.2. The molecule has 0 aliphatic heterocycles. The van der Waals surface area contributed by atoms with Crippen LogP contribution in [0, 0.1) is 5.92 Å². The van der Waals surface area contributed by atoms with E-state index in [1.165, 1.54) is 23.4 Å². The molecule has 0 saturated heterocycles. The Hall–Kier alpha value is -2.81. The summed E-state index contributed by atoms with van der Waals surface area (Å²) < 4.78 is 7.00. The van der Waals surface area contributed by atoms with Crippen LogP contribution >= 0.6 is 11.8 Å². The fourth-order valence-electron chi connectivity index (χ4n) is 2.51. The third-order valence-electron chi connectivity index (χ3n) is 3.87. The molecule has 1 aromatic heterocycles. The van der Waals surface area contributed by atoms with Crippen LogP contribution in [0.3, 0.4) is 0 Å². The largest absolute Gasteiger partial charge is 0.457 e. The lowest BCUT2D eigenvalue weighted by atomic mass is 10.1. The van der Waals surface area contributed by atoms with Crippen LogP contribution in [-0.4, -0.2) is 33.2 Å². The number of Topliss-reactive ketones (excluding diaryl/α,β-unsaturated/α-hetero) is 1. The van der Waals surface area contributed by atoms with Gasteiger partial charge in [-0.3, -0.25) is 23.5 Å². The lowest BCUT2D eigenvalue weighted by molar-refractivity contribution is -0.139. The molecule has 0 atom stereocenters. The van der Waals surface area contributed by atoms with E-state index in [2.05, 4.69) is 0 Å². The van der Waals surface area contributed by atoms with Crippen molar-refractivity contribution in [2.24, 2.45) is 13.0 Å². The number of aromatic nitrogens is 2. The Labute approximate surface area is 166 Å². The van der Waals surface area contributed by atoms with E-state index in [4.69, 9.17) is 10.5 Å². The lowest BCUT2D eigenvalue weighted by Crippen LogP contribution is -2.43. The minimum Gasteiger partial charge on any atom is -0.457 e. The van der Waals surface area contributed by atoms with Gasteiger partial charge in [0, 0.05) is 18.5 Å². The first-order chi connectivity index (χ1) is 13.2. The van der Waals surface area contributed by atoms with Crippen molar-refractivity contribution in [3.63, 3.8) is 0 Å². The molecule has 1 aromatic carbocycles. The topological polar surface area (TPSA) is 113 Å². The number of carbonyl (C=O) groups excluding carboxylic acids is 2. The number of esters is 1. The van der Waals surface area contributed by atoms with Gasteiger partial charge in [0.25, 0.3) is 5.56 Å². The van der Waals surface area contributed by atoms with Crippen LogP contribution < -0.4 is 17.0 Å². The lowest BCUT2D eigenvalue weighted by Gasteiger charge is -2.16. The number of anilines is 1. The normalized spacial score (nSPS) is 10.9. The summed E-state index contributed by atoms with van der Waals surface area (Å²) in [6.45, 7) is 3.40. The van der Waals surface area contributed by atoms with Crippen molar-refractivity contribution in [2.45, 2.75) is 25.3 Å². The first kappa shape index (κ1) is 21.5. The summed E-state index contributed by atoms with van der Waals surface area (Å²) in [4.78, 5) is 49.9. The number of ketones is 1. The van der Waals surface area contributed by atoms with Gasteiger partial charge in [0.05, 0.1) is 5.75 Å². The highest BCUT2D eigenvalue weighted by Crippen LogP contribution is 2.17. The van der Waals surface area contributed by atoms with Gasteiger partial charge in [0.15, 0.2) is 6.61 Å². The van der Waals surface area contributed by atoms with Gasteiger partial charge in [0.2, 0.25) is 5.78 Å². The summed E-state index contributed by atoms with van der Waals surface area (Å²) in [6.07, 6.45) is 0. The smallest absolute Gasteiger partial charge is 0.332 e. The number of benzene rings is 1. The molecule has 0 amide bonds. The van der Waals surface area contributed by atoms with Crippen molar-refractivity contribution in [2.75, 3.05) is 18.1 Å². The number of carbonyl (C=O) groups is 2. The average molecular weight is 405 g/mol. The van der Waals surface area contributed by atoms with E-state index >= 15 is 0 Å². The molecular formula is C19H23N3O5S. The van der Waals surface area contributed by atoms with E-state index in [9.17, 15) is 19.2 Å². The number of hydrogen-bond acceptors (Lipinski definition) is 7. The Bertz CT molecular complexity index is 980. The van der Waals surface area contributed by atoms with Gasteiger partial charge >= 0.3 is 11.7 Å². The highest BCUT2D eigenvalue weighted by Gasteiger charge is 2.23. The van der Waals surface area contributed by atoms with E-state index in [1.807, 2.05) is 44.2 Å². The zero-order valence-corrected chi connectivity index (χ0v) is 16.8. The Balaban J connectivity index is 2.11. The summed E-state index contributed by atoms with van der Waals surface area (Å²) in [5.41, 5.74) is 4.19. The predicted molar refractivity (Wildman–Crippen MR) is 108 cm³/mol. The summed E-state index contributed by atoms with van der Waals surface area (Å²) in [6, 6.07) is 9.27. The van der Waals surface area contributed by atoms with Crippen molar-refractivity contribution >= 4 is 29.3 Å². The number of ether oxygens (including phenoxy) is 1. The van der Waals surface area contributed by atoms with E-state index in [1.54, 1.807) is 0 Å². The van der Waals surface area contributed by atoms with Gasteiger partial charge in [-0.05, 0) is 18.1 Å². The quantitative estimate of drug-likeness (QED) is 0.400. The zero-order chi connectivity index (χ0) is 20.8. The number of nitrogens with two attached hydrogens (primary N) is 1. The first-order valence-electron chi connectivity index (χ1n) is 8.68. The molecule has 2 N–H and O–H groups in total. The van der Waals surface area contributed by atoms with Gasteiger partial charge in [-0.1, -0.05) is 32.0 Å². The van der Waals surface area contributed by atoms with Crippen molar-refractivity contribution in [3.8, 4) is 0 Å². The van der Waals surface area contributed by atoms with Gasteiger partial charge in [-0.2, -0.15) is 0 Å². The van der Waals surface area contributed by atoms with E-state index in [-0.39, 0.29) is 29.6 Å². The van der Waals surface area contributed by atoms with Crippen molar-refractivity contribution < 1.29 is 14.3 Å². The van der Waals surface area contributed by atoms with E-state index in [0.717, 1.165) is 9.46 Å². The van der Waals surface area contributed by atoms with Crippen LogP contribution in [0.25, 0.3) is 0 Å². The first-order valence-corrected chi connectivity index (χ1v) is 9.66. The average Bonchev–Trinajstić information content (AvgIpc) is 2.67. The Morgan fingerprint density at radius 3 is 2.43 bits per heavy atom. The predicted octanol–water partition coefficient (Wildman–Crippen LogP) is 1.30. The van der Waals surface area contributed by atoms with Crippen LogP contribution in [0.1, 0.15) is 24.2 Å². The van der Waals surface area contributed by atoms with Crippen LogP contribution in [0.2, 0.25) is 0 Å². The molecule has 150 valence electrons. The number of nitrogen functional groups attached to an aromatic ring is 1. The maximum Gasteiger partial charge on any atom is 0.332 e. The van der Waals surface area contributed by atoms with E-state index < -0.39 is 29.6 Å². The van der Waals surface area contributed by atoms with Gasteiger partial charge in [-0.15, -0.1) is 11.8 Å². The van der Waals surface area contributed by atoms with Crippen LogP contribution in [0.5, 0.6) is 0 Å². The van der Waals surface area contributed by atoms with Crippen molar-refractivity contribution in [1.29, 1.82) is 0 Å². The molecule has 0 unspecified atom stereocenters. The molecule has 0 fully saturated rings. The molecule has 28 heavy (non-hydrogen) atoms. The minimum atomic E-state index is -0.804. The molecule has 0 spiro atoms. The molecule has 1 heterocycles. The standard InChI is InChI=1S/C19H23N3O5S/c1-12(2)9-22-17(20)16(18(25)21(3)19(22)26)14(23)10-27-15(24)11-28-13-7-5-4-6-8-13/h4-8,12H,9-11,20H2,1-3H3. The van der Waals surface area contributed by atoms with Crippen LogP contribution in [-0.2, 0) is 23.1 Å². The SMILES string of the molecule is CC(C)Cn1c(N)c(C(=O)COC(=O)CSc2ccccc2)c(=O)n(C)c1=O. The molecular weight excluding hydrogens is 382 g/mol. The Morgan fingerprint density at radius 2 is 1.82 bits per heavy atom. The molecule has 9 heteroatoms. The molecule has 0 saturated carbocycles. The fraction of sp³-hybridized carbons (Fsp3) is 0.368.